The molecule has 22 heavy (non-hydrogen) atoms. The molecule has 0 radical (unpaired) electrons. The van der Waals surface area contributed by atoms with Gasteiger partial charge in [0.05, 0.1) is 24.8 Å². The molecule has 0 aliphatic carbocycles. The third kappa shape index (κ3) is 3.12. The molecule has 1 atom stereocenters. The molecule has 0 saturated carbocycles. The average Bonchev–Trinajstić information content (AvgIpc) is 2.73. The van der Waals surface area contributed by atoms with Gasteiger partial charge in [0, 0.05) is 12.2 Å². The lowest BCUT2D eigenvalue weighted by molar-refractivity contribution is -0.139. The number of aliphatic hydroxyl groups is 1. The normalized spacial score (nSPS) is 17.9. The highest BCUT2D eigenvalue weighted by atomic mass is 16.5. The molecular weight excluding hydrogens is 284 g/mol. The Bertz CT molecular complexity index is 583. The van der Waals surface area contributed by atoms with E-state index in [1.807, 2.05) is 30.3 Å². The molecule has 1 aliphatic heterocycles. The van der Waals surface area contributed by atoms with Crippen LogP contribution in [0.25, 0.3) is 0 Å². The number of ether oxygens (including phenoxy) is 1. The molecule has 0 saturated heterocycles. The summed E-state index contributed by atoms with van der Waals surface area (Å²) in [5.41, 5.74) is 1.22. The van der Waals surface area contributed by atoms with Gasteiger partial charge in [-0.2, -0.15) is 0 Å². The summed E-state index contributed by atoms with van der Waals surface area (Å²) in [7, 11) is 0. The first-order chi connectivity index (χ1) is 10.6. The highest BCUT2D eigenvalue weighted by molar-refractivity contribution is 6.09. The highest BCUT2D eigenvalue weighted by Gasteiger charge is 2.40. The zero-order valence-electron chi connectivity index (χ0n) is 12.7. The molecule has 0 fully saturated rings. The maximum absolute atomic E-state index is 12.5. The Morgan fingerprint density at radius 3 is 2.64 bits per heavy atom. The van der Waals surface area contributed by atoms with Gasteiger partial charge in [-0.1, -0.05) is 18.2 Å². The third-order valence-electron chi connectivity index (χ3n) is 3.51. The van der Waals surface area contributed by atoms with Crippen LogP contribution in [-0.4, -0.2) is 47.7 Å². The number of β-amino-alcohol motifs (C(OH)–C–C–N with tert-alkyl or cyclic N) is 1. The van der Waals surface area contributed by atoms with Crippen LogP contribution in [0.1, 0.15) is 13.8 Å². The van der Waals surface area contributed by atoms with Crippen molar-refractivity contribution in [1.29, 1.82) is 0 Å². The molecule has 2 N–H and O–H groups in total. The summed E-state index contributed by atoms with van der Waals surface area (Å²) in [5, 5.41) is 12.1. The number of carbonyl (C=O) groups is 2. The van der Waals surface area contributed by atoms with Crippen LogP contribution >= 0.6 is 0 Å². The average molecular weight is 304 g/mol. The Morgan fingerprint density at radius 2 is 2.05 bits per heavy atom. The number of carbonyl (C=O) groups excluding carboxylic acids is 2. The number of esters is 1. The number of nitrogens with zero attached hydrogens (tertiary/aromatic N) is 1. The van der Waals surface area contributed by atoms with E-state index < -0.39 is 12.0 Å². The first-order valence-electron chi connectivity index (χ1n) is 7.25. The fourth-order valence-corrected chi connectivity index (χ4v) is 2.47. The lowest BCUT2D eigenvalue weighted by Gasteiger charge is -2.21. The van der Waals surface area contributed by atoms with Crippen molar-refractivity contribution in [3.8, 4) is 0 Å². The summed E-state index contributed by atoms with van der Waals surface area (Å²) in [5.74, 6) is -0.823. The lowest BCUT2D eigenvalue weighted by atomic mass is 10.1. The van der Waals surface area contributed by atoms with Gasteiger partial charge in [-0.15, -0.1) is 0 Å². The Morgan fingerprint density at radius 1 is 1.36 bits per heavy atom. The molecule has 1 aromatic rings. The molecule has 1 unspecified atom stereocenters. The van der Waals surface area contributed by atoms with Gasteiger partial charge in [-0.25, -0.2) is 4.79 Å². The summed E-state index contributed by atoms with van der Waals surface area (Å²) in [6.07, 6.45) is 0. The molecule has 6 nitrogen and oxygen atoms in total. The standard InChI is InChI=1S/C16H20N2O4/c1-3-22-16(21)13-11(2)18(9-10-19)15(20)14(13)17-12-7-5-4-6-8-12/h4-8,11,17,19H,3,9-10H2,1-2H3. The number of nitrogens with one attached hydrogen (secondary N) is 1. The Labute approximate surface area is 129 Å². The second-order valence-corrected chi connectivity index (χ2v) is 4.90. The smallest absolute Gasteiger partial charge is 0.338 e. The van der Waals surface area contributed by atoms with Crippen molar-refractivity contribution in [2.45, 2.75) is 19.9 Å². The molecule has 1 amide bonds. The molecule has 2 rings (SSSR count). The van der Waals surface area contributed by atoms with Gasteiger partial charge >= 0.3 is 5.97 Å². The number of hydrogen-bond donors (Lipinski definition) is 2. The van der Waals surface area contributed by atoms with E-state index in [1.54, 1.807) is 13.8 Å². The number of anilines is 1. The second-order valence-electron chi connectivity index (χ2n) is 4.90. The maximum Gasteiger partial charge on any atom is 0.338 e. The lowest BCUT2D eigenvalue weighted by Crippen LogP contribution is -2.37. The van der Waals surface area contributed by atoms with Crippen molar-refractivity contribution in [3.63, 3.8) is 0 Å². The van der Waals surface area contributed by atoms with Crippen LogP contribution in [0.15, 0.2) is 41.6 Å². The van der Waals surface area contributed by atoms with Crippen molar-refractivity contribution in [2.75, 3.05) is 25.1 Å². The van der Waals surface area contributed by atoms with Crippen LogP contribution in [0.4, 0.5) is 5.69 Å². The van der Waals surface area contributed by atoms with Crippen LogP contribution in [-0.2, 0) is 14.3 Å². The SMILES string of the molecule is CCOC(=O)C1=C(Nc2ccccc2)C(=O)N(CCO)C1C. The fraction of sp³-hybridized carbons (Fsp3) is 0.375. The number of hydrogen-bond acceptors (Lipinski definition) is 5. The van der Waals surface area contributed by atoms with E-state index in [2.05, 4.69) is 5.32 Å². The van der Waals surface area contributed by atoms with Crippen LogP contribution in [0, 0.1) is 0 Å². The molecule has 6 heteroatoms. The van der Waals surface area contributed by atoms with Gasteiger partial charge in [0.2, 0.25) is 0 Å². The van der Waals surface area contributed by atoms with Crippen LogP contribution in [0.5, 0.6) is 0 Å². The molecular formula is C16H20N2O4. The molecule has 0 spiro atoms. The zero-order valence-corrected chi connectivity index (χ0v) is 12.7. The van der Waals surface area contributed by atoms with Gasteiger partial charge in [0.1, 0.15) is 5.70 Å². The predicted octanol–water partition coefficient (Wildman–Crippen LogP) is 1.14. The first kappa shape index (κ1) is 16.0. The van der Waals surface area contributed by atoms with E-state index in [1.165, 1.54) is 4.90 Å². The summed E-state index contributed by atoms with van der Waals surface area (Å²) in [4.78, 5) is 26.2. The number of aliphatic hydroxyl groups excluding tert-OH is 1. The van der Waals surface area contributed by atoms with Crippen molar-refractivity contribution >= 4 is 17.6 Å². The summed E-state index contributed by atoms with van der Waals surface area (Å²) in [6.45, 7) is 3.71. The van der Waals surface area contributed by atoms with Crippen LogP contribution in [0.2, 0.25) is 0 Å². The molecule has 1 heterocycles. The topological polar surface area (TPSA) is 78.9 Å². The van der Waals surface area contributed by atoms with Crippen molar-refractivity contribution in [1.82, 2.24) is 4.90 Å². The Balaban J connectivity index is 2.36. The number of benzene rings is 1. The van der Waals surface area contributed by atoms with E-state index in [0.717, 1.165) is 0 Å². The van der Waals surface area contributed by atoms with Crippen molar-refractivity contribution in [2.24, 2.45) is 0 Å². The van der Waals surface area contributed by atoms with Crippen molar-refractivity contribution < 1.29 is 19.4 Å². The van der Waals surface area contributed by atoms with Crippen LogP contribution < -0.4 is 5.32 Å². The Kier molecular flexibility index (Phi) is 5.16. The first-order valence-corrected chi connectivity index (χ1v) is 7.25. The maximum atomic E-state index is 12.5. The molecule has 118 valence electrons. The largest absolute Gasteiger partial charge is 0.463 e. The minimum absolute atomic E-state index is 0.162. The van der Waals surface area contributed by atoms with E-state index in [-0.39, 0.29) is 31.4 Å². The molecule has 0 bridgehead atoms. The summed E-state index contributed by atoms with van der Waals surface area (Å²) < 4.78 is 5.06. The Hall–Kier alpha value is -2.34. The quantitative estimate of drug-likeness (QED) is 0.771. The van der Waals surface area contributed by atoms with E-state index >= 15 is 0 Å². The number of para-hydroxylation sites is 1. The number of rotatable bonds is 6. The summed E-state index contributed by atoms with van der Waals surface area (Å²) in [6, 6.07) is 8.71. The van der Waals surface area contributed by atoms with Gasteiger partial charge in [-0.05, 0) is 26.0 Å². The third-order valence-corrected chi connectivity index (χ3v) is 3.51. The highest BCUT2D eigenvalue weighted by Crippen LogP contribution is 2.28. The van der Waals surface area contributed by atoms with E-state index in [4.69, 9.17) is 9.84 Å². The van der Waals surface area contributed by atoms with Gasteiger partial charge in [0.15, 0.2) is 0 Å². The van der Waals surface area contributed by atoms with E-state index in [9.17, 15) is 9.59 Å². The van der Waals surface area contributed by atoms with Gasteiger partial charge in [0.25, 0.3) is 5.91 Å². The number of amides is 1. The minimum Gasteiger partial charge on any atom is -0.463 e. The zero-order chi connectivity index (χ0) is 16.1. The molecule has 0 aromatic heterocycles. The molecule has 1 aliphatic rings. The van der Waals surface area contributed by atoms with Gasteiger partial charge < -0.3 is 20.1 Å². The minimum atomic E-state index is -0.512. The van der Waals surface area contributed by atoms with E-state index in [0.29, 0.717) is 11.3 Å². The molecule has 1 aromatic carbocycles. The second kappa shape index (κ2) is 7.09. The monoisotopic (exact) mass is 304 g/mol. The summed E-state index contributed by atoms with van der Waals surface area (Å²) >= 11 is 0. The van der Waals surface area contributed by atoms with Crippen LogP contribution in [0.3, 0.4) is 0 Å². The predicted molar refractivity (Wildman–Crippen MR) is 82.0 cm³/mol. The van der Waals surface area contributed by atoms with Crippen molar-refractivity contribution in [3.05, 3.63) is 41.6 Å². The fourth-order valence-electron chi connectivity index (χ4n) is 2.47. The van der Waals surface area contributed by atoms with Gasteiger partial charge in [-0.3, -0.25) is 4.79 Å².